The molecule has 1 aromatic heterocycles. The van der Waals surface area contributed by atoms with E-state index in [-0.39, 0.29) is 28.0 Å². The van der Waals surface area contributed by atoms with Crippen LogP contribution in [0.1, 0.15) is 63.6 Å². The zero-order chi connectivity index (χ0) is 29.0. The molecule has 0 spiro atoms. The van der Waals surface area contributed by atoms with E-state index in [1.165, 1.54) is 12.3 Å². The summed E-state index contributed by atoms with van der Waals surface area (Å²) >= 11 is 5.88. The molecule has 1 atom stereocenters. The number of anilines is 2. The van der Waals surface area contributed by atoms with Gasteiger partial charge < -0.3 is 16.4 Å². The minimum absolute atomic E-state index is 0.156. The number of carbonyl (C=O) groups excluding carboxylic acids is 2. The van der Waals surface area contributed by atoms with Crippen molar-refractivity contribution in [2.75, 3.05) is 10.6 Å². The largest absolute Gasteiger partial charge is 0.351 e. The molecular weight excluding hydrogens is 536 g/mol. The fourth-order valence-electron chi connectivity index (χ4n) is 4.74. The Morgan fingerprint density at radius 1 is 1.12 bits per heavy atom. The number of primary amides is 1. The van der Waals surface area contributed by atoms with Crippen LogP contribution in [0, 0.1) is 11.6 Å². The molecule has 208 valence electrons. The van der Waals surface area contributed by atoms with Crippen molar-refractivity contribution in [3.05, 3.63) is 82.1 Å². The number of allylic oxidation sites excluding steroid dienone is 1. The third-order valence-electron chi connectivity index (χ3n) is 6.71. The van der Waals surface area contributed by atoms with Gasteiger partial charge in [-0.25, -0.2) is 13.6 Å². The van der Waals surface area contributed by atoms with E-state index in [9.17, 15) is 18.4 Å². The molecule has 0 aliphatic carbocycles. The lowest BCUT2D eigenvalue weighted by Gasteiger charge is -2.21. The van der Waals surface area contributed by atoms with Crippen molar-refractivity contribution in [3.8, 4) is 11.1 Å². The van der Waals surface area contributed by atoms with E-state index in [1.807, 2.05) is 20.8 Å². The molecule has 1 aliphatic rings. The van der Waals surface area contributed by atoms with Crippen LogP contribution >= 0.6 is 11.6 Å². The number of aromatic nitrogens is 1. The number of nitrogens with zero attached hydrogens (tertiary/aromatic N) is 2. The van der Waals surface area contributed by atoms with E-state index in [0.29, 0.717) is 47.6 Å². The van der Waals surface area contributed by atoms with E-state index in [1.54, 1.807) is 30.3 Å². The minimum Gasteiger partial charge on any atom is -0.351 e. The summed E-state index contributed by atoms with van der Waals surface area (Å²) in [5, 5.41) is 5.32. The van der Waals surface area contributed by atoms with Crippen LogP contribution in [0.3, 0.4) is 0 Å². The SMILES string of the molecule is CC1=NC(=C(C)C)c2ccc(NC(N)=O)cc2NC(=O)CCCCC1c1ccc(-c2c(F)ccc(Cl)c2F)cn1. The summed E-state index contributed by atoms with van der Waals surface area (Å²) in [5.41, 5.74) is 10.1. The maximum Gasteiger partial charge on any atom is 0.316 e. The van der Waals surface area contributed by atoms with Crippen LogP contribution in [-0.4, -0.2) is 22.6 Å². The maximum atomic E-state index is 14.6. The Morgan fingerprint density at radius 2 is 1.90 bits per heavy atom. The average Bonchev–Trinajstić information content (AvgIpc) is 2.89. The van der Waals surface area contributed by atoms with Gasteiger partial charge in [-0.15, -0.1) is 0 Å². The highest BCUT2D eigenvalue weighted by Crippen LogP contribution is 2.35. The molecule has 7 nitrogen and oxygen atoms in total. The number of amides is 3. The highest BCUT2D eigenvalue weighted by molar-refractivity contribution is 6.31. The van der Waals surface area contributed by atoms with Gasteiger partial charge in [-0.3, -0.25) is 14.8 Å². The molecule has 0 bridgehead atoms. The van der Waals surface area contributed by atoms with Crippen LogP contribution in [0.15, 0.2) is 59.2 Å². The minimum atomic E-state index is -0.834. The summed E-state index contributed by atoms with van der Waals surface area (Å²) in [4.78, 5) is 33.7. The van der Waals surface area contributed by atoms with Crippen LogP contribution in [0.4, 0.5) is 25.0 Å². The van der Waals surface area contributed by atoms with Crippen molar-refractivity contribution < 1.29 is 18.4 Å². The van der Waals surface area contributed by atoms with E-state index in [4.69, 9.17) is 22.3 Å². The van der Waals surface area contributed by atoms with Gasteiger partial charge in [0, 0.05) is 46.8 Å². The number of aliphatic imine (C=N–C) groups is 1. The molecule has 0 radical (unpaired) electrons. The van der Waals surface area contributed by atoms with Crippen molar-refractivity contribution in [3.63, 3.8) is 0 Å². The van der Waals surface area contributed by atoms with E-state index < -0.39 is 17.7 Å². The Labute approximate surface area is 236 Å². The molecule has 4 rings (SSSR count). The van der Waals surface area contributed by atoms with Gasteiger partial charge >= 0.3 is 6.03 Å². The van der Waals surface area contributed by atoms with Gasteiger partial charge in [0.2, 0.25) is 5.91 Å². The van der Waals surface area contributed by atoms with Crippen LogP contribution in [0.25, 0.3) is 16.8 Å². The first-order valence-electron chi connectivity index (χ1n) is 12.9. The average molecular weight is 566 g/mol. The van der Waals surface area contributed by atoms with Crippen LogP contribution < -0.4 is 16.4 Å². The number of benzene rings is 2. The molecule has 10 heteroatoms. The third-order valence-corrected chi connectivity index (χ3v) is 7.00. The normalized spacial score (nSPS) is 16.1. The van der Waals surface area contributed by atoms with Crippen molar-refractivity contribution in [2.24, 2.45) is 10.7 Å². The topological polar surface area (TPSA) is 109 Å². The second-order valence-electron chi connectivity index (χ2n) is 9.89. The molecule has 1 unspecified atom stereocenters. The lowest BCUT2D eigenvalue weighted by atomic mass is 9.91. The summed E-state index contributed by atoms with van der Waals surface area (Å²) in [5.74, 6) is -1.91. The molecule has 1 aliphatic heterocycles. The molecule has 2 aromatic carbocycles. The number of carbonyl (C=O) groups is 2. The van der Waals surface area contributed by atoms with Gasteiger partial charge in [-0.1, -0.05) is 29.7 Å². The predicted molar refractivity (Wildman–Crippen MR) is 155 cm³/mol. The number of rotatable bonds is 3. The molecule has 3 aromatic rings. The van der Waals surface area contributed by atoms with Gasteiger partial charge in [-0.05, 0) is 70.0 Å². The van der Waals surface area contributed by atoms with Gasteiger partial charge in [0.05, 0.1) is 22.0 Å². The van der Waals surface area contributed by atoms with Crippen molar-refractivity contribution in [1.82, 2.24) is 4.98 Å². The quantitative estimate of drug-likeness (QED) is 0.283. The summed E-state index contributed by atoms with van der Waals surface area (Å²) in [6, 6.07) is 10.1. The second kappa shape index (κ2) is 12.4. The standard InChI is InChI=1S/C30H30ClF2N5O2/c1-16(2)29-21-10-9-19(37-30(34)40)14-25(21)38-26(39)7-5-4-6-20(17(3)36-29)24-13-8-18(15-35-24)27-23(32)12-11-22(31)28(27)33/h8-15,20H,4-7H2,1-3H3,(H,38,39)(H3,34,37,40). The molecule has 0 fully saturated rings. The third kappa shape index (κ3) is 6.54. The summed E-state index contributed by atoms with van der Waals surface area (Å²) in [6.45, 7) is 5.77. The van der Waals surface area contributed by atoms with Crippen molar-refractivity contribution in [2.45, 2.75) is 52.4 Å². The van der Waals surface area contributed by atoms with Gasteiger partial charge in [0.15, 0.2) is 5.82 Å². The molecule has 3 amide bonds. The number of urea groups is 1. The van der Waals surface area contributed by atoms with E-state index >= 15 is 0 Å². The molecule has 4 N–H and O–H groups in total. The second-order valence-corrected chi connectivity index (χ2v) is 10.3. The smallest absolute Gasteiger partial charge is 0.316 e. The Hall–Kier alpha value is -4.11. The Kier molecular flexibility index (Phi) is 8.94. The number of nitrogens with two attached hydrogens (primary N) is 1. The van der Waals surface area contributed by atoms with Gasteiger partial charge in [-0.2, -0.15) is 0 Å². The molecule has 2 heterocycles. The Morgan fingerprint density at radius 3 is 2.58 bits per heavy atom. The van der Waals surface area contributed by atoms with Crippen LogP contribution in [0.5, 0.6) is 0 Å². The van der Waals surface area contributed by atoms with E-state index in [2.05, 4.69) is 15.6 Å². The Bertz CT molecular complexity index is 1520. The first-order chi connectivity index (χ1) is 19.0. The molecule has 0 saturated carbocycles. The zero-order valence-corrected chi connectivity index (χ0v) is 23.2. The fraction of sp³-hybridized carbons (Fsp3) is 0.267. The number of fused-ring (bicyclic) bond motifs is 1. The number of hydrogen-bond donors (Lipinski definition) is 3. The zero-order valence-electron chi connectivity index (χ0n) is 22.4. The summed E-state index contributed by atoms with van der Waals surface area (Å²) in [6.07, 6.45) is 3.79. The Balaban J connectivity index is 1.76. The monoisotopic (exact) mass is 565 g/mol. The van der Waals surface area contributed by atoms with Crippen LogP contribution in [0.2, 0.25) is 5.02 Å². The number of hydrogen-bond acceptors (Lipinski definition) is 4. The lowest BCUT2D eigenvalue weighted by molar-refractivity contribution is -0.116. The summed E-state index contributed by atoms with van der Waals surface area (Å²) in [7, 11) is 0. The number of nitrogens with one attached hydrogen (secondary N) is 2. The lowest BCUT2D eigenvalue weighted by Crippen LogP contribution is -2.20. The maximum absolute atomic E-state index is 14.6. The first-order valence-corrected chi connectivity index (χ1v) is 13.3. The molecule has 0 saturated heterocycles. The highest BCUT2D eigenvalue weighted by atomic mass is 35.5. The first kappa shape index (κ1) is 28.9. The summed E-state index contributed by atoms with van der Waals surface area (Å²) < 4.78 is 29.0. The number of halogens is 3. The van der Waals surface area contributed by atoms with Gasteiger partial charge in [0.25, 0.3) is 0 Å². The van der Waals surface area contributed by atoms with Crippen molar-refractivity contribution >= 4 is 46.3 Å². The molecule has 40 heavy (non-hydrogen) atoms. The van der Waals surface area contributed by atoms with Gasteiger partial charge in [0.1, 0.15) is 5.82 Å². The fourth-order valence-corrected chi connectivity index (χ4v) is 4.90. The van der Waals surface area contributed by atoms with E-state index in [0.717, 1.165) is 23.8 Å². The predicted octanol–water partition coefficient (Wildman–Crippen LogP) is 7.68. The molecular formula is C30H30ClF2N5O2. The van der Waals surface area contributed by atoms with Crippen LogP contribution in [-0.2, 0) is 4.79 Å². The highest BCUT2D eigenvalue weighted by Gasteiger charge is 2.22. The van der Waals surface area contributed by atoms with Crippen molar-refractivity contribution in [1.29, 1.82) is 0 Å². The number of pyridine rings is 1.